The molecule has 0 bridgehead atoms. The minimum Gasteiger partial charge on any atom is -0.495 e. The Labute approximate surface area is 163 Å². The number of amides is 1. The number of hydrogen-bond donors (Lipinski definition) is 2. The Morgan fingerprint density at radius 3 is 2.56 bits per heavy atom. The van der Waals surface area contributed by atoms with Crippen molar-refractivity contribution >= 4 is 28.1 Å². The van der Waals surface area contributed by atoms with E-state index in [1.807, 2.05) is 61.5 Å². The molecule has 1 heterocycles. The molecule has 0 aliphatic carbocycles. The topological polar surface area (TPSA) is 63.2 Å². The fourth-order valence-electron chi connectivity index (χ4n) is 2.85. The molecule has 0 aliphatic rings. The molecule has 0 aliphatic heterocycles. The van der Waals surface area contributed by atoms with Gasteiger partial charge in [0.05, 0.1) is 24.5 Å². The van der Waals surface area contributed by atoms with Crippen molar-refractivity contribution in [1.82, 2.24) is 10.3 Å². The molecule has 1 atom stereocenters. The largest absolute Gasteiger partial charge is 0.495 e. The summed E-state index contributed by atoms with van der Waals surface area (Å²) in [6, 6.07) is 17.6. The number of thiazole rings is 1. The maximum atomic E-state index is 12.8. The summed E-state index contributed by atoms with van der Waals surface area (Å²) in [5.41, 5.74) is 2.62. The van der Waals surface area contributed by atoms with E-state index in [2.05, 4.69) is 22.5 Å². The minimum atomic E-state index is -0.103. The van der Waals surface area contributed by atoms with Gasteiger partial charge < -0.3 is 15.4 Å². The smallest absolute Gasteiger partial charge is 0.263 e. The number of para-hydroxylation sites is 2. The van der Waals surface area contributed by atoms with Crippen LogP contribution in [0.15, 0.2) is 54.6 Å². The predicted molar refractivity (Wildman–Crippen MR) is 110 cm³/mol. The number of carbonyl (C=O) groups is 1. The Bertz CT molecular complexity index is 909. The van der Waals surface area contributed by atoms with Crippen molar-refractivity contribution in [2.75, 3.05) is 12.4 Å². The molecule has 0 spiro atoms. The zero-order chi connectivity index (χ0) is 19.2. The van der Waals surface area contributed by atoms with Gasteiger partial charge in [0.25, 0.3) is 5.91 Å². The molecule has 140 valence electrons. The number of nitrogens with zero attached hydrogens (tertiary/aromatic N) is 1. The number of carbonyl (C=O) groups excluding carboxylic acids is 1. The van der Waals surface area contributed by atoms with Crippen LogP contribution in [-0.2, 0) is 0 Å². The molecule has 2 aromatic carbocycles. The number of benzene rings is 2. The first-order valence-corrected chi connectivity index (χ1v) is 9.67. The molecule has 1 aromatic heterocycles. The first-order valence-electron chi connectivity index (χ1n) is 8.85. The monoisotopic (exact) mass is 381 g/mol. The molecule has 0 saturated carbocycles. The summed E-state index contributed by atoms with van der Waals surface area (Å²) in [6.07, 6.45) is 0.819. The van der Waals surface area contributed by atoms with Gasteiger partial charge in [0.15, 0.2) is 5.13 Å². The van der Waals surface area contributed by atoms with Gasteiger partial charge in [0, 0.05) is 0 Å². The van der Waals surface area contributed by atoms with E-state index in [0.717, 1.165) is 23.4 Å². The molecular formula is C21H23N3O2S. The second kappa shape index (κ2) is 8.68. The molecule has 2 N–H and O–H groups in total. The van der Waals surface area contributed by atoms with E-state index in [-0.39, 0.29) is 11.9 Å². The van der Waals surface area contributed by atoms with Crippen LogP contribution in [-0.4, -0.2) is 18.0 Å². The number of anilines is 2. The first-order chi connectivity index (χ1) is 13.1. The van der Waals surface area contributed by atoms with Gasteiger partial charge in [0.2, 0.25) is 0 Å². The van der Waals surface area contributed by atoms with E-state index >= 15 is 0 Å². The third kappa shape index (κ3) is 4.46. The van der Waals surface area contributed by atoms with Crippen molar-refractivity contribution in [3.05, 3.63) is 70.7 Å². The van der Waals surface area contributed by atoms with Gasteiger partial charge in [-0.2, -0.15) is 0 Å². The average Bonchev–Trinajstić information content (AvgIpc) is 3.07. The van der Waals surface area contributed by atoms with Crippen molar-refractivity contribution in [3.8, 4) is 5.75 Å². The SMILES string of the molecule is CCC(NC(=O)c1sc(Nc2ccccc2OC)nc1C)c1ccccc1. The van der Waals surface area contributed by atoms with E-state index in [1.54, 1.807) is 7.11 Å². The van der Waals surface area contributed by atoms with E-state index in [4.69, 9.17) is 4.74 Å². The van der Waals surface area contributed by atoms with E-state index in [1.165, 1.54) is 11.3 Å². The van der Waals surface area contributed by atoms with Gasteiger partial charge in [-0.1, -0.05) is 60.7 Å². The highest BCUT2D eigenvalue weighted by Crippen LogP contribution is 2.31. The number of nitrogens with one attached hydrogen (secondary N) is 2. The van der Waals surface area contributed by atoms with Crippen LogP contribution in [0.3, 0.4) is 0 Å². The van der Waals surface area contributed by atoms with E-state index < -0.39 is 0 Å². The molecule has 0 saturated heterocycles. The zero-order valence-corrected chi connectivity index (χ0v) is 16.5. The van der Waals surface area contributed by atoms with Crippen molar-refractivity contribution in [1.29, 1.82) is 0 Å². The highest BCUT2D eigenvalue weighted by Gasteiger charge is 2.19. The van der Waals surface area contributed by atoms with Gasteiger partial charge in [-0.05, 0) is 31.0 Å². The molecule has 1 amide bonds. The van der Waals surface area contributed by atoms with Crippen LogP contribution in [0.25, 0.3) is 0 Å². The fraction of sp³-hybridized carbons (Fsp3) is 0.238. The molecule has 0 fully saturated rings. The summed E-state index contributed by atoms with van der Waals surface area (Å²) >= 11 is 1.34. The Morgan fingerprint density at radius 2 is 1.85 bits per heavy atom. The third-order valence-corrected chi connectivity index (χ3v) is 5.34. The molecule has 3 aromatic rings. The molecule has 1 unspecified atom stereocenters. The first kappa shape index (κ1) is 18.9. The second-order valence-electron chi connectivity index (χ2n) is 6.10. The summed E-state index contributed by atoms with van der Waals surface area (Å²) in [7, 11) is 1.63. The van der Waals surface area contributed by atoms with E-state index in [0.29, 0.717) is 15.7 Å². The summed E-state index contributed by atoms with van der Waals surface area (Å²) in [6.45, 7) is 3.91. The Kier molecular flexibility index (Phi) is 6.08. The lowest BCUT2D eigenvalue weighted by atomic mass is 10.0. The number of methoxy groups -OCH3 is 1. The minimum absolute atomic E-state index is 0.0224. The van der Waals surface area contributed by atoms with Gasteiger partial charge in [-0.15, -0.1) is 0 Å². The fourth-order valence-corrected chi connectivity index (χ4v) is 3.74. The van der Waals surface area contributed by atoms with Crippen LogP contribution in [0.5, 0.6) is 5.75 Å². The molecular weight excluding hydrogens is 358 g/mol. The molecule has 27 heavy (non-hydrogen) atoms. The standard InChI is InChI=1S/C21H23N3O2S/c1-4-16(15-10-6-5-7-11-15)23-20(25)19-14(2)22-21(27-19)24-17-12-8-9-13-18(17)26-3/h5-13,16H,4H2,1-3H3,(H,22,24)(H,23,25). The Balaban J connectivity index is 1.76. The Hall–Kier alpha value is -2.86. The number of aromatic nitrogens is 1. The van der Waals surface area contributed by atoms with Crippen LogP contribution in [0, 0.1) is 6.92 Å². The Morgan fingerprint density at radius 1 is 1.15 bits per heavy atom. The van der Waals surface area contributed by atoms with Gasteiger partial charge >= 0.3 is 0 Å². The number of aryl methyl sites for hydroxylation is 1. The summed E-state index contributed by atoms with van der Waals surface area (Å²) in [5.74, 6) is 0.625. The van der Waals surface area contributed by atoms with Crippen LogP contribution in [0.4, 0.5) is 10.8 Å². The van der Waals surface area contributed by atoms with Gasteiger partial charge in [-0.25, -0.2) is 4.98 Å². The van der Waals surface area contributed by atoms with Crippen LogP contribution >= 0.6 is 11.3 Å². The number of ether oxygens (including phenoxy) is 1. The molecule has 5 nitrogen and oxygen atoms in total. The lowest BCUT2D eigenvalue weighted by Gasteiger charge is -2.17. The zero-order valence-electron chi connectivity index (χ0n) is 15.7. The maximum Gasteiger partial charge on any atom is 0.263 e. The number of hydrogen-bond acceptors (Lipinski definition) is 5. The lowest BCUT2D eigenvalue weighted by molar-refractivity contribution is 0.0939. The van der Waals surface area contributed by atoms with Gasteiger partial charge in [-0.3, -0.25) is 4.79 Å². The maximum absolute atomic E-state index is 12.8. The quantitative estimate of drug-likeness (QED) is 0.599. The normalized spacial score (nSPS) is 11.7. The van der Waals surface area contributed by atoms with Gasteiger partial charge in [0.1, 0.15) is 10.6 Å². The summed E-state index contributed by atoms with van der Waals surface area (Å²) in [5, 5.41) is 7.02. The lowest BCUT2D eigenvalue weighted by Crippen LogP contribution is -2.28. The van der Waals surface area contributed by atoms with Crippen LogP contribution in [0.1, 0.15) is 40.3 Å². The average molecular weight is 382 g/mol. The predicted octanol–water partition coefficient (Wildman–Crippen LogP) is 5.08. The molecule has 3 rings (SSSR count). The third-order valence-electron chi connectivity index (χ3n) is 4.27. The second-order valence-corrected chi connectivity index (χ2v) is 7.10. The molecule has 0 radical (unpaired) electrons. The summed E-state index contributed by atoms with van der Waals surface area (Å²) in [4.78, 5) is 17.9. The van der Waals surface area contributed by atoms with Crippen molar-refractivity contribution < 1.29 is 9.53 Å². The number of rotatable bonds is 7. The van der Waals surface area contributed by atoms with Crippen LogP contribution in [0.2, 0.25) is 0 Å². The summed E-state index contributed by atoms with van der Waals surface area (Å²) < 4.78 is 5.35. The van der Waals surface area contributed by atoms with E-state index in [9.17, 15) is 4.79 Å². The van der Waals surface area contributed by atoms with Crippen molar-refractivity contribution in [2.45, 2.75) is 26.3 Å². The van der Waals surface area contributed by atoms with Crippen molar-refractivity contribution in [3.63, 3.8) is 0 Å². The van der Waals surface area contributed by atoms with Crippen molar-refractivity contribution in [2.24, 2.45) is 0 Å². The highest BCUT2D eigenvalue weighted by atomic mass is 32.1. The van der Waals surface area contributed by atoms with Crippen LogP contribution < -0.4 is 15.4 Å². The highest BCUT2D eigenvalue weighted by molar-refractivity contribution is 7.17. The molecule has 6 heteroatoms.